The van der Waals surface area contributed by atoms with Gasteiger partial charge < -0.3 is 5.11 Å². The van der Waals surface area contributed by atoms with E-state index in [0.717, 1.165) is 24.1 Å². The zero-order valence-electron chi connectivity index (χ0n) is 12.0. The van der Waals surface area contributed by atoms with Crippen molar-refractivity contribution < 1.29 is 9.90 Å². The molecule has 1 N–H and O–H groups in total. The quantitative estimate of drug-likeness (QED) is 0.845. The van der Waals surface area contributed by atoms with E-state index in [4.69, 9.17) is 0 Å². The lowest BCUT2D eigenvalue weighted by Crippen LogP contribution is -2.38. The van der Waals surface area contributed by atoms with Gasteiger partial charge in [0.05, 0.1) is 13.2 Å². The molecule has 3 nitrogen and oxygen atoms in total. The summed E-state index contributed by atoms with van der Waals surface area (Å²) in [5.41, 5.74) is 3.02. The van der Waals surface area contributed by atoms with Crippen LogP contribution >= 0.6 is 0 Å². The fourth-order valence-corrected chi connectivity index (χ4v) is 2.98. The minimum absolute atomic E-state index is 0.134. The van der Waals surface area contributed by atoms with E-state index in [-0.39, 0.29) is 18.4 Å². The summed E-state index contributed by atoms with van der Waals surface area (Å²) in [5, 5.41) is 9.43. The SMILES string of the molecule is Cc1ccc(C(=O)CN2CCC(C)C2CO)c(C)c1. The van der Waals surface area contributed by atoms with Crippen LogP contribution in [-0.4, -0.2) is 41.5 Å². The summed E-state index contributed by atoms with van der Waals surface area (Å²) < 4.78 is 0. The monoisotopic (exact) mass is 261 g/mol. The topological polar surface area (TPSA) is 40.5 Å². The number of aliphatic hydroxyl groups is 1. The van der Waals surface area contributed by atoms with Crippen LogP contribution < -0.4 is 0 Å². The van der Waals surface area contributed by atoms with E-state index in [2.05, 4.69) is 11.8 Å². The molecule has 2 rings (SSSR count). The minimum atomic E-state index is 0.134. The van der Waals surface area contributed by atoms with E-state index in [1.807, 2.05) is 32.0 Å². The van der Waals surface area contributed by atoms with Crippen LogP contribution in [0.2, 0.25) is 0 Å². The van der Waals surface area contributed by atoms with E-state index >= 15 is 0 Å². The van der Waals surface area contributed by atoms with Crippen molar-refractivity contribution in [2.45, 2.75) is 33.2 Å². The van der Waals surface area contributed by atoms with Crippen LogP contribution in [-0.2, 0) is 0 Å². The maximum Gasteiger partial charge on any atom is 0.177 e. The molecular formula is C16H23NO2. The van der Waals surface area contributed by atoms with Gasteiger partial charge in [-0.2, -0.15) is 0 Å². The molecule has 19 heavy (non-hydrogen) atoms. The first-order valence-electron chi connectivity index (χ1n) is 6.98. The van der Waals surface area contributed by atoms with Crippen molar-refractivity contribution in [2.75, 3.05) is 19.7 Å². The summed E-state index contributed by atoms with van der Waals surface area (Å²) in [6, 6.07) is 6.08. The lowest BCUT2D eigenvalue weighted by atomic mass is 10.0. The Labute approximate surface area is 115 Å². The van der Waals surface area contributed by atoms with Crippen molar-refractivity contribution in [3.8, 4) is 0 Å². The molecule has 0 bridgehead atoms. The van der Waals surface area contributed by atoms with Crippen LogP contribution in [0.25, 0.3) is 0 Å². The molecule has 0 radical (unpaired) electrons. The summed E-state index contributed by atoms with van der Waals surface area (Å²) in [4.78, 5) is 14.5. The minimum Gasteiger partial charge on any atom is -0.395 e. The second kappa shape index (κ2) is 5.85. The number of hydrogen-bond donors (Lipinski definition) is 1. The number of carbonyl (C=O) groups excluding carboxylic acids is 1. The summed E-state index contributed by atoms with van der Waals surface area (Å²) >= 11 is 0. The number of carbonyl (C=O) groups is 1. The van der Waals surface area contributed by atoms with Gasteiger partial charge in [0.25, 0.3) is 0 Å². The zero-order chi connectivity index (χ0) is 14.0. The standard InChI is InChI=1S/C16H23NO2/c1-11-4-5-14(13(3)8-11)16(19)9-17-7-6-12(2)15(17)10-18/h4-5,8,12,15,18H,6-7,9-10H2,1-3H3. The molecule has 1 aromatic carbocycles. The van der Waals surface area contributed by atoms with Gasteiger partial charge in [0.2, 0.25) is 0 Å². The Morgan fingerprint density at radius 3 is 2.79 bits per heavy atom. The summed E-state index contributed by atoms with van der Waals surface area (Å²) in [6.45, 7) is 7.62. The van der Waals surface area contributed by atoms with Crippen LogP contribution in [0.15, 0.2) is 18.2 Å². The van der Waals surface area contributed by atoms with Crippen LogP contribution in [0, 0.1) is 19.8 Å². The van der Waals surface area contributed by atoms with Crippen molar-refractivity contribution in [2.24, 2.45) is 5.92 Å². The van der Waals surface area contributed by atoms with Crippen molar-refractivity contribution in [3.05, 3.63) is 34.9 Å². The van der Waals surface area contributed by atoms with Crippen molar-refractivity contribution in [1.29, 1.82) is 0 Å². The number of likely N-dealkylation sites (tertiary alicyclic amines) is 1. The Kier molecular flexibility index (Phi) is 4.38. The van der Waals surface area contributed by atoms with Crippen molar-refractivity contribution in [3.63, 3.8) is 0 Å². The second-order valence-electron chi connectivity index (χ2n) is 5.73. The van der Waals surface area contributed by atoms with E-state index in [1.54, 1.807) is 0 Å². The Morgan fingerprint density at radius 2 is 2.16 bits per heavy atom. The highest BCUT2D eigenvalue weighted by Gasteiger charge is 2.31. The number of rotatable bonds is 4. The molecule has 3 heteroatoms. The third kappa shape index (κ3) is 3.04. The molecular weight excluding hydrogens is 238 g/mol. The van der Waals surface area contributed by atoms with Gasteiger partial charge in [-0.1, -0.05) is 30.7 Å². The molecule has 0 aliphatic carbocycles. The molecule has 1 saturated heterocycles. The highest BCUT2D eigenvalue weighted by Crippen LogP contribution is 2.24. The maximum absolute atomic E-state index is 12.4. The molecule has 0 saturated carbocycles. The zero-order valence-corrected chi connectivity index (χ0v) is 12.0. The van der Waals surface area contributed by atoms with E-state index in [0.29, 0.717) is 12.5 Å². The van der Waals surface area contributed by atoms with E-state index < -0.39 is 0 Å². The number of aliphatic hydroxyl groups excluding tert-OH is 1. The van der Waals surface area contributed by atoms with Crippen LogP contribution in [0.1, 0.15) is 34.8 Å². The molecule has 1 heterocycles. The molecule has 0 spiro atoms. The number of ketones is 1. The molecule has 1 aromatic rings. The average Bonchev–Trinajstić information content (AvgIpc) is 2.69. The van der Waals surface area contributed by atoms with Gasteiger partial charge in [0, 0.05) is 11.6 Å². The lowest BCUT2D eigenvalue weighted by Gasteiger charge is -2.24. The van der Waals surface area contributed by atoms with E-state index in [1.165, 1.54) is 5.56 Å². The van der Waals surface area contributed by atoms with Gasteiger partial charge >= 0.3 is 0 Å². The largest absolute Gasteiger partial charge is 0.395 e. The Hall–Kier alpha value is -1.19. The van der Waals surface area contributed by atoms with Crippen LogP contribution in [0.5, 0.6) is 0 Å². The predicted octanol–water partition coefficient (Wildman–Crippen LogP) is 2.19. The first-order valence-corrected chi connectivity index (χ1v) is 6.98. The molecule has 2 unspecified atom stereocenters. The molecule has 1 fully saturated rings. The fourth-order valence-electron chi connectivity index (χ4n) is 2.98. The molecule has 1 aliphatic heterocycles. The smallest absolute Gasteiger partial charge is 0.177 e. The van der Waals surface area contributed by atoms with Crippen molar-refractivity contribution in [1.82, 2.24) is 4.90 Å². The number of aryl methyl sites for hydroxylation is 2. The normalized spacial score (nSPS) is 23.8. The number of nitrogens with zero attached hydrogens (tertiary/aromatic N) is 1. The first-order chi connectivity index (χ1) is 9.02. The van der Waals surface area contributed by atoms with Gasteiger partial charge in [0.15, 0.2) is 5.78 Å². The molecule has 1 aliphatic rings. The molecule has 0 aromatic heterocycles. The molecule has 0 amide bonds. The van der Waals surface area contributed by atoms with Crippen LogP contribution in [0.3, 0.4) is 0 Å². The lowest BCUT2D eigenvalue weighted by molar-refractivity contribution is 0.0865. The Morgan fingerprint density at radius 1 is 1.42 bits per heavy atom. The predicted molar refractivity (Wildman–Crippen MR) is 76.5 cm³/mol. The van der Waals surface area contributed by atoms with Crippen LogP contribution in [0.4, 0.5) is 0 Å². The second-order valence-corrected chi connectivity index (χ2v) is 5.73. The van der Waals surface area contributed by atoms with Gasteiger partial charge in [0.1, 0.15) is 0 Å². The summed E-state index contributed by atoms with van der Waals surface area (Å²) in [5.74, 6) is 0.627. The molecule has 104 valence electrons. The Balaban J connectivity index is 2.09. The highest BCUT2D eigenvalue weighted by atomic mass is 16.3. The number of hydrogen-bond acceptors (Lipinski definition) is 3. The average molecular weight is 261 g/mol. The molecule has 2 atom stereocenters. The fraction of sp³-hybridized carbons (Fsp3) is 0.562. The van der Waals surface area contributed by atoms with Gasteiger partial charge in [-0.3, -0.25) is 9.69 Å². The number of benzene rings is 1. The summed E-state index contributed by atoms with van der Waals surface area (Å²) in [7, 11) is 0. The summed E-state index contributed by atoms with van der Waals surface area (Å²) in [6.07, 6.45) is 1.06. The van der Waals surface area contributed by atoms with Gasteiger partial charge in [-0.05, 0) is 38.3 Å². The van der Waals surface area contributed by atoms with Crippen molar-refractivity contribution >= 4 is 5.78 Å². The number of Topliss-reactive ketones (excluding diaryl/α,β-unsaturated/α-hetero) is 1. The first kappa shape index (κ1) is 14.2. The maximum atomic E-state index is 12.4. The third-order valence-corrected chi connectivity index (χ3v) is 4.21. The van der Waals surface area contributed by atoms with E-state index in [9.17, 15) is 9.90 Å². The third-order valence-electron chi connectivity index (χ3n) is 4.21. The Bertz CT molecular complexity index is 470. The van der Waals surface area contributed by atoms with Gasteiger partial charge in [-0.15, -0.1) is 0 Å². The highest BCUT2D eigenvalue weighted by molar-refractivity contribution is 5.99. The van der Waals surface area contributed by atoms with Gasteiger partial charge in [-0.25, -0.2) is 0 Å².